The third kappa shape index (κ3) is 3.66. The minimum absolute atomic E-state index is 0.00471. The number of carbonyl (C=O) groups is 2. The molecule has 1 aromatic rings. The number of aryl methyl sites for hydroxylation is 1. The van der Waals surface area contributed by atoms with Crippen molar-refractivity contribution in [3.63, 3.8) is 0 Å². The minimum atomic E-state index is -0.199. The first-order valence-corrected chi connectivity index (χ1v) is 8.84. The lowest BCUT2D eigenvalue weighted by Gasteiger charge is -2.21. The molecule has 2 fully saturated rings. The number of amides is 2. The fourth-order valence-electron chi connectivity index (χ4n) is 3.57. The monoisotopic (exact) mass is 349 g/mol. The molecule has 2 saturated heterocycles. The molecule has 0 saturated carbocycles. The molecule has 2 atom stereocenters. The maximum atomic E-state index is 12.2. The van der Waals surface area contributed by atoms with Crippen molar-refractivity contribution >= 4 is 29.1 Å². The molecule has 2 amide bonds. The van der Waals surface area contributed by atoms with Crippen LogP contribution in [0.2, 0.25) is 5.02 Å². The van der Waals surface area contributed by atoms with Crippen molar-refractivity contribution in [2.24, 2.45) is 11.8 Å². The van der Waals surface area contributed by atoms with Crippen molar-refractivity contribution in [3.8, 4) is 0 Å². The molecular formula is C18H24ClN3O2. The van der Waals surface area contributed by atoms with Gasteiger partial charge in [0.05, 0.1) is 5.92 Å². The summed E-state index contributed by atoms with van der Waals surface area (Å²) >= 11 is 6.12. The number of rotatable bonds is 4. The maximum Gasteiger partial charge on any atom is 0.225 e. The smallest absolute Gasteiger partial charge is 0.225 e. The Morgan fingerprint density at radius 2 is 2.17 bits per heavy atom. The van der Waals surface area contributed by atoms with E-state index in [1.807, 2.05) is 18.2 Å². The summed E-state index contributed by atoms with van der Waals surface area (Å²) in [6.45, 7) is 5.19. The van der Waals surface area contributed by atoms with E-state index >= 15 is 0 Å². The van der Waals surface area contributed by atoms with Gasteiger partial charge in [0.2, 0.25) is 11.8 Å². The Kier molecular flexibility index (Phi) is 4.99. The fourth-order valence-corrected chi connectivity index (χ4v) is 3.74. The van der Waals surface area contributed by atoms with E-state index in [9.17, 15) is 9.59 Å². The van der Waals surface area contributed by atoms with Crippen LogP contribution in [-0.2, 0) is 9.59 Å². The molecule has 1 aromatic carbocycles. The maximum absolute atomic E-state index is 12.2. The van der Waals surface area contributed by atoms with Crippen LogP contribution in [0.25, 0.3) is 0 Å². The quantitative estimate of drug-likeness (QED) is 0.905. The molecule has 24 heavy (non-hydrogen) atoms. The van der Waals surface area contributed by atoms with Gasteiger partial charge < -0.3 is 15.1 Å². The second kappa shape index (κ2) is 7.01. The Morgan fingerprint density at radius 3 is 2.88 bits per heavy atom. The molecule has 0 unspecified atom stereocenters. The van der Waals surface area contributed by atoms with Crippen LogP contribution in [0.1, 0.15) is 18.4 Å². The van der Waals surface area contributed by atoms with Crippen molar-refractivity contribution in [1.82, 2.24) is 10.2 Å². The topological polar surface area (TPSA) is 52.7 Å². The molecular weight excluding hydrogens is 326 g/mol. The zero-order valence-corrected chi connectivity index (χ0v) is 15.0. The van der Waals surface area contributed by atoms with Crippen LogP contribution in [-0.4, -0.2) is 49.9 Å². The first kappa shape index (κ1) is 17.1. The molecule has 5 nitrogen and oxygen atoms in total. The molecule has 1 N–H and O–H groups in total. The van der Waals surface area contributed by atoms with Gasteiger partial charge >= 0.3 is 0 Å². The summed E-state index contributed by atoms with van der Waals surface area (Å²) in [4.78, 5) is 27.7. The summed E-state index contributed by atoms with van der Waals surface area (Å²) < 4.78 is 0. The normalized spacial score (nSPS) is 23.9. The lowest BCUT2D eigenvalue weighted by Crippen LogP contribution is -2.36. The highest BCUT2D eigenvalue weighted by atomic mass is 35.5. The Balaban J connectivity index is 1.51. The second-order valence-corrected chi connectivity index (χ2v) is 7.39. The molecule has 2 aliphatic heterocycles. The van der Waals surface area contributed by atoms with E-state index in [0.717, 1.165) is 24.5 Å². The van der Waals surface area contributed by atoms with E-state index in [-0.39, 0.29) is 17.7 Å². The van der Waals surface area contributed by atoms with Crippen LogP contribution in [0.3, 0.4) is 0 Å². The number of hydrogen-bond acceptors (Lipinski definition) is 3. The number of nitrogens with zero attached hydrogens (tertiary/aromatic N) is 2. The van der Waals surface area contributed by atoms with E-state index in [2.05, 4.69) is 17.1 Å². The van der Waals surface area contributed by atoms with E-state index < -0.39 is 0 Å². The molecule has 0 aromatic heterocycles. The third-order valence-corrected chi connectivity index (χ3v) is 5.31. The van der Waals surface area contributed by atoms with Gasteiger partial charge in [0, 0.05) is 50.4 Å². The number of benzene rings is 1. The first-order chi connectivity index (χ1) is 11.4. The fraction of sp³-hybridized carbons (Fsp3) is 0.556. The van der Waals surface area contributed by atoms with E-state index in [1.54, 1.807) is 11.9 Å². The number of carbonyl (C=O) groups excluding carboxylic acids is 2. The molecule has 0 spiro atoms. The number of likely N-dealkylation sites (tertiary alicyclic amines) is 1. The SMILES string of the molecule is Cc1ccc(Cl)cc1N1CC[C@@H](CNC(=O)[C@@H]2CC(=O)N(C)C2)C1. The standard InChI is InChI=1S/C18H24ClN3O2/c1-12-3-4-15(19)8-16(12)22-6-5-13(10-22)9-20-18(24)14-7-17(23)21(2)11-14/h3-4,8,13-14H,5-7,9-11H2,1-2H3,(H,20,24)/t13-,14+/m0/s1. The predicted octanol–water partition coefficient (Wildman–Crippen LogP) is 2.07. The van der Waals surface area contributed by atoms with E-state index in [1.165, 1.54) is 11.3 Å². The molecule has 2 aliphatic rings. The van der Waals surface area contributed by atoms with Gasteiger partial charge in [-0.25, -0.2) is 0 Å². The Hall–Kier alpha value is -1.75. The van der Waals surface area contributed by atoms with Crippen LogP contribution in [0.5, 0.6) is 0 Å². The first-order valence-electron chi connectivity index (χ1n) is 8.47. The average Bonchev–Trinajstić information content (AvgIpc) is 3.15. The zero-order chi connectivity index (χ0) is 17.3. The van der Waals surface area contributed by atoms with Gasteiger partial charge in [0.15, 0.2) is 0 Å². The van der Waals surface area contributed by atoms with Crippen molar-refractivity contribution < 1.29 is 9.59 Å². The van der Waals surface area contributed by atoms with E-state index in [4.69, 9.17) is 11.6 Å². The summed E-state index contributed by atoms with van der Waals surface area (Å²) in [6, 6.07) is 5.96. The molecule has 130 valence electrons. The summed E-state index contributed by atoms with van der Waals surface area (Å²) in [5.41, 5.74) is 2.40. The third-order valence-electron chi connectivity index (χ3n) is 5.07. The highest BCUT2D eigenvalue weighted by Gasteiger charge is 2.32. The van der Waals surface area contributed by atoms with Gasteiger partial charge in [-0.15, -0.1) is 0 Å². The molecule has 3 rings (SSSR count). The number of anilines is 1. The van der Waals surface area contributed by atoms with Crippen molar-refractivity contribution in [2.45, 2.75) is 19.8 Å². The highest BCUT2D eigenvalue weighted by molar-refractivity contribution is 6.30. The van der Waals surface area contributed by atoms with Crippen LogP contribution in [0, 0.1) is 18.8 Å². The Labute approximate surface area is 147 Å². The van der Waals surface area contributed by atoms with Crippen molar-refractivity contribution in [1.29, 1.82) is 0 Å². The Morgan fingerprint density at radius 1 is 1.38 bits per heavy atom. The highest BCUT2D eigenvalue weighted by Crippen LogP contribution is 2.29. The predicted molar refractivity (Wildman–Crippen MR) is 95.3 cm³/mol. The second-order valence-electron chi connectivity index (χ2n) is 6.95. The van der Waals surface area contributed by atoms with Gasteiger partial charge in [-0.3, -0.25) is 9.59 Å². The molecule has 0 bridgehead atoms. The van der Waals surface area contributed by atoms with Crippen LogP contribution in [0.4, 0.5) is 5.69 Å². The minimum Gasteiger partial charge on any atom is -0.371 e. The Bertz CT molecular complexity index is 649. The van der Waals surface area contributed by atoms with Crippen molar-refractivity contribution in [3.05, 3.63) is 28.8 Å². The molecule has 0 aliphatic carbocycles. The lowest BCUT2D eigenvalue weighted by atomic mass is 10.1. The number of hydrogen-bond donors (Lipinski definition) is 1. The van der Waals surface area contributed by atoms with Gasteiger partial charge in [-0.1, -0.05) is 17.7 Å². The summed E-state index contributed by atoms with van der Waals surface area (Å²) in [5.74, 6) is 0.293. The molecule has 6 heteroatoms. The van der Waals surface area contributed by atoms with Gasteiger partial charge in [-0.2, -0.15) is 0 Å². The summed E-state index contributed by atoms with van der Waals surface area (Å²) in [5, 5.41) is 3.79. The van der Waals surface area contributed by atoms with Crippen molar-refractivity contribution in [2.75, 3.05) is 38.1 Å². The van der Waals surface area contributed by atoms with E-state index in [0.29, 0.717) is 25.4 Å². The molecule has 0 radical (unpaired) electrons. The largest absolute Gasteiger partial charge is 0.371 e. The lowest BCUT2D eigenvalue weighted by molar-refractivity contribution is -0.128. The van der Waals surface area contributed by atoms with Gasteiger partial charge in [0.1, 0.15) is 0 Å². The number of nitrogens with one attached hydrogen (secondary N) is 1. The number of halogens is 1. The van der Waals surface area contributed by atoms with Crippen LogP contribution in [0.15, 0.2) is 18.2 Å². The van der Waals surface area contributed by atoms with Gasteiger partial charge in [-0.05, 0) is 37.0 Å². The summed E-state index contributed by atoms with van der Waals surface area (Å²) in [7, 11) is 1.75. The van der Waals surface area contributed by atoms with Gasteiger partial charge in [0.25, 0.3) is 0 Å². The summed E-state index contributed by atoms with van der Waals surface area (Å²) in [6.07, 6.45) is 1.39. The van der Waals surface area contributed by atoms with Crippen LogP contribution < -0.4 is 10.2 Å². The molecule has 2 heterocycles. The zero-order valence-electron chi connectivity index (χ0n) is 14.2. The van der Waals surface area contributed by atoms with Crippen LogP contribution >= 0.6 is 11.6 Å². The average molecular weight is 350 g/mol.